The van der Waals surface area contributed by atoms with Crippen molar-refractivity contribution in [2.24, 2.45) is 0 Å². The number of nitrogens with one attached hydrogen (secondary N) is 1. The topological polar surface area (TPSA) is 102 Å². The lowest BCUT2D eigenvalue weighted by Gasteiger charge is -2.07. The summed E-state index contributed by atoms with van der Waals surface area (Å²) in [7, 11) is -2.58. The van der Waals surface area contributed by atoms with Gasteiger partial charge in [0, 0.05) is 6.54 Å². The molecule has 1 aromatic heterocycles. The van der Waals surface area contributed by atoms with E-state index in [0.717, 1.165) is 11.3 Å². The number of carbonyl (C=O) groups is 1. The first-order chi connectivity index (χ1) is 9.03. The molecular weight excluding hydrogens is 294 g/mol. The minimum atomic E-state index is -3.77. The zero-order valence-corrected chi connectivity index (χ0v) is 11.9. The predicted molar refractivity (Wildman–Crippen MR) is 68.8 cm³/mol. The molecule has 7 nitrogen and oxygen atoms in total. The van der Waals surface area contributed by atoms with Crippen molar-refractivity contribution in [2.45, 2.75) is 4.90 Å². The number of aliphatic hydroxyl groups excluding tert-OH is 1. The van der Waals surface area contributed by atoms with E-state index in [1.807, 2.05) is 0 Å². The van der Waals surface area contributed by atoms with Gasteiger partial charge in [-0.15, -0.1) is 11.3 Å². The minimum Gasteiger partial charge on any atom is -0.465 e. The van der Waals surface area contributed by atoms with E-state index in [-0.39, 0.29) is 36.1 Å². The van der Waals surface area contributed by atoms with Gasteiger partial charge in [0.1, 0.15) is 9.77 Å². The number of methoxy groups -OCH3 is 1. The van der Waals surface area contributed by atoms with Crippen molar-refractivity contribution in [1.82, 2.24) is 4.72 Å². The number of esters is 1. The fourth-order valence-electron chi connectivity index (χ4n) is 1.24. The fraction of sp³-hybridized carbons (Fsp3) is 0.500. The summed E-state index contributed by atoms with van der Waals surface area (Å²) in [5.74, 6) is -0.688. The maximum Gasteiger partial charge on any atom is 0.349 e. The Labute approximate surface area is 115 Å². The van der Waals surface area contributed by atoms with E-state index in [1.165, 1.54) is 18.6 Å². The van der Waals surface area contributed by atoms with Crippen LogP contribution in [0.4, 0.5) is 0 Å². The molecule has 0 saturated carbocycles. The summed E-state index contributed by atoms with van der Waals surface area (Å²) in [4.78, 5) is 11.3. The molecule has 0 radical (unpaired) electrons. The van der Waals surface area contributed by atoms with Crippen molar-refractivity contribution >= 4 is 27.3 Å². The van der Waals surface area contributed by atoms with E-state index in [0.29, 0.717) is 0 Å². The first-order valence-corrected chi connectivity index (χ1v) is 7.73. The smallest absolute Gasteiger partial charge is 0.349 e. The van der Waals surface area contributed by atoms with Crippen LogP contribution in [-0.4, -0.2) is 53.0 Å². The molecule has 0 aromatic carbocycles. The van der Waals surface area contributed by atoms with Gasteiger partial charge in [0.25, 0.3) is 0 Å². The van der Waals surface area contributed by atoms with Gasteiger partial charge in [-0.1, -0.05) is 0 Å². The van der Waals surface area contributed by atoms with Gasteiger partial charge in [0.15, 0.2) is 0 Å². The molecule has 0 aliphatic carbocycles. The van der Waals surface area contributed by atoms with Crippen LogP contribution >= 0.6 is 11.3 Å². The van der Waals surface area contributed by atoms with E-state index < -0.39 is 16.0 Å². The highest BCUT2D eigenvalue weighted by molar-refractivity contribution is 7.89. The van der Waals surface area contributed by atoms with E-state index in [2.05, 4.69) is 9.46 Å². The van der Waals surface area contributed by atoms with Gasteiger partial charge in [-0.25, -0.2) is 17.9 Å². The minimum absolute atomic E-state index is 0.0336. The van der Waals surface area contributed by atoms with Crippen LogP contribution in [0.3, 0.4) is 0 Å². The summed E-state index contributed by atoms with van der Waals surface area (Å²) < 4.78 is 35.6. The highest BCUT2D eigenvalue weighted by Crippen LogP contribution is 2.22. The lowest BCUT2D eigenvalue weighted by atomic mass is 10.5. The zero-order chi connectivity index (χ0) is 14.3. The van der Waals surface area contributed by atoms with Crippen LogP contribution in [0.15, 0.2) is 16.3 Å². The van der Waals surface area contributed by atoms with E-state index in [1.54, 1.807) is 0 Å². The van der Waals surface area contributed by atoms with Gasteiger partial charge in [0.2, 0.25) is 10.0 Å². The molecule has 1 rings (SSSR count). The van der Waals surface area contributed by atoms with Crippen molar-refractivity contribution < 1.29 is 27.8 Å². The molecule has 19 heavy (non-hydrogen) atoms. The molecular formula is C10H15NO6S2. The maximum absolute atomic E-state index is 12.0. The largest absolute Gasteiger partial charge is 0.465 e. The fourth-order valence-corrected chi connectivity index (χ4v) is 3.59. The molecule has 1 aromatic rings. The molecule has 0 aliphatic rings. The predicted octanol–water partition coefficient (Wildman–Crippen LogP) is -0.178. The van der Waals surface area contributed by atoms with Crippen LogP contribution in [0, 0.1) is 0 Å². The standard InChI is InChI=1S/C10H15NO6S2/c1-16-10(13)9-8(2-7-18-9)19(14,15)11-3-5-17-6-4-12/h2,7,11-12H,3-6H2,1H3. The third-order valence-corrected chi connectivity index (χ3v) is 4.59. The maximum atomic E-state index is 12.0. The lowest BCUT2D eigenvalue weighted by Crippen LogP contribution is -2.28. The lowest BCUT2D eigenvalue weighted by molar-refractivity contribution is 0.0602. The molecule has 0 aliphatic heterocycles. The Hall–Kier alpha value is -1.00. The Bertz CT molecular complexity index is 510. The van der Waals surface area contributed by atoms with Crippen molar-refractivity contribution in [1.29, 1.82) is 0 Å². The summed E-state index contributed by atoms with van der Waals surface area (Å²) >= 11 is 0.998. The molecule has 0 atom stereocenters. The molecule has 1 heterocycles. The summed E-state index contributed by atoms with van der Waals surface area (Å²) in [6, 6.07) is 1.34. The summed E-state index contributed by atoms with van der Waals surface area (Å²) in [5.41, 5.74) is 0. The number of carbonyl (C=O) groups excluding carboxylic acids is 1. The van der Waals surface area contributed by atoms with Crippen LogP contribution in [0.1, 0.15) is 9.67 Å². The molecule has 108 valence electrons. The molecule has 0 saturated heterocycles. The Balaban J connectivity index is 2.67. The first-order valence-electron chi connectivity index (χ1n) is 5.37. The van der Waals surface area contributed by atoms with Crippen LogP contribution in [0.2, 0.25) is 0 Å². The second-order valence-electron chi connectivity index (χ2n) is 3.34. The second-order valence-corrected chi connectivity index (χ2v) is 5.99. The summed E-state index contributed by atoms with van der Waals surface area (Å²) in [5, 5.41) is 9.99. The number of ether oxygens (including phenoxy) is 2. The molecule has 0 amide bonds. The summed E-state index contributed by atoms with van der Waals surface area (Å²) in [6.45, 7) is 0.216. The second kappa shape index (κ2) is 7.56. The molecule has 0 fully saturated rings. The number of hydrogen-bond acceptors (Lipinski definition) is 7. The first kappa shape index (κ1) is 16.1. The van der Waals surface area contributed by atoms with Crippen LogP contribution < -0.4 is 4.72 Å². The number of hydrogen-bond donors (Lipinski definition) is 2. The van der Waals surface area contributed by atoms with Gasteiger partial charge in [-0.2, -0.15) is 0 Å². The summed E-state index contributed by atoms with van der Waals surface area (Å²) in [6.07, 6.45) is 0. The zero-order valence-electron chi connectivity index (χ0n) is 10.3. The van der Waals surface area contributed by atoms with Crippen molar-refractivity contribution in [3.05, 3.63) is 16.3 Å². The van der Waals surface area contributed by atoms with Crippen molar-refractivity contribution in [3.8, 4) is 0 Å². The number of aliphatic hydroxyl groups is 1. The van der Waals surface area contributed by atoms with Crippen molar-refractivity contribution in [2.75, 3.05) is 33.5 Å². The monoisotopic (exact) mass is 309 g/mol. The average molecular weight is 309 g/mol. The Morgan fingerprint density at radius 1 is 1.47 bits per heavy atom. The van der Waals surface area contributed by atoms with Gasteiger partial charge < -0.3 is 14.6 Å². The van der Waals surface area contributed by atoms with Gasteiger partial charge in [0.05, 0.1) is 26.9 Å². The number of sulfonamides is 1. The molecule has 0 spiro atoms. The van der Waals surface area contributed by atoms with Gasteiger partial charge >= 0.3 is 5.97 Å². The quantitative estimate of drug-likeness (QED) is 0.510. The third kappa shape index (κ3) is 4.55. The van der Waals surface area contributed by atoms with E-state index in [9.17, 15) is 13.2 Å². The van der Waals surface area contributed by atoms with Crippen LogP contribution in [-0.2, 0) is 19.5 Å². The molecule has 2 N–H and O–H groups in total. The molecule has 0 bridgehead atoms. The number of thiophene rings is 1. The van der Waals surface area contributed by atoms with Crippen molar-refractivity contribution in [3.63, 3.8) is 0 Å². The van der Waals surface area contributed by atoms with Crippen LogP contribution in [0.5, 0.6) is 0 Å². The Morgan fingerprint density at radius 3 is 2.84 bits per heavy atom. The highest BCUT2D eigenvalue weighted by atomic mass is 32.2. The normalized spacial score (nSPS) is 11.5. The van der Waals surface area contributed by atoms with E-state index in [4.69, 9.17) is 9.84 Å². The SMILES string of the molecule is COC(=O)c1sccc1S(=O)(=O)NCCOCCO. The van der Waals surface area contributed by atoms with Gasteiger partial charge in [-0.05, 0) is 11.4 Å². The van der Waals surface area contributed by atoms with Gasteiger partial charge in [-0.3, -0.25) is 0 Å². The Kier molecular flexibility index (Phi) is 6.38. The Morgan fingerprint density at radius 2 is 2.21 bits per heavy atom. The van der Waals surface area contributed by atoms with E-state index >= 15 is 0 Å². The average Bonchev–Trinajstić information content (AvgIpc) is 2.87. The van der Waals surface area contributed by atoms with Crippen LogP contribution in [0.25, 0.3) is 0 Å². The third-order valence-electron chi connectivity index (χ3n) is 2.06. The molecule has 9 heteroatoms. The molecule has 0 unspecified atom stereocenters. The highest BCUT2D eigenvalue weighted by Gasteiger charge is 2.24. The number of rotatable bonds is 8.